The molecule has 0 spiro atoms. The summed E-state index contributed by atoms with van der Waals surface area (Å²) in [4.78, 5) is 0. The zero-order chi connectivity index (χ0) is 7.98. The van der Waals surface area contributed by atoms with Gasteiger partial charge in [0.05, 0.1) is 6.10 Å². The molecule has 0 saturated carbocycles. The lowest BCUT2D eigenvalue weighted by Crippen LogP contribution is -2.20. The molecule has 0 bridgehead atoms. The number of rotatable bonds is 5. The predicted octanol–water partition coefficient (Wildman–Crippen LogP) is 1.13. The molecule has 2 nitrogen and oxygen atoms in total. The highest BCUT2D eigenvalue weighted by atomic mass is 16.3. The van der Waals surface area contributed by atoms with Crippen molar-refractivity contribution < 1.29 is 5.11 Å². The molecule has 1 unspecified atom stereocenters. The maximum Gasteiger partial charge on any atom is 0.0566 e. The standard InChI is InChI=1S/C8H19NO/c1-3-4-8(10)7(2)5-6-9/h7-8,10H,3-6,9H2,1-2H3/t7-,8?/m0/s1. The van der Waals surface area contributed by atoms with Crippen LogP contribution in [-0.2, 0) is 0 Å². The second-order valence-electron chi connectivity index (χ2n) is 2.91. The van der Waals surface area contributed by atoms with E-state index in [1.807, 2.05) is 6.92 Å². The molecule has 0 radical (unpaired) electrons. The number of aliphatic hydroxyl groups excluding tert-OH is 1. The van der Waals surface area contributed by atoms with Crippen LogP contribution < -0.4 is 5.73 Å². The van der Waals surface area contributed by atoms with E-state index in [4.69, 9.17) is 5.73 Å². The minimum Gasteiger partial charge on any atom is -0.393 e. The summed E-state index contributed by atoms with van der Waals surface area (Å²) in [6.07, 6.45) is 2.74. The van der Waals surface area contributed by atoms with Crippen LogP contribution in [0, 0.1) is 5.92 Å². The Morgan fingerprint density at radius 1 is 1.40 bits per heavy atom. The Morgan fingerprint density at radius 3 is 2.40 bits per heavy atom. The second kappa shape index (κ2) is 5.69. The molecule has 3 N–H and O–H groups in total. The fourth-order valence-corrected chi connectivity index (χ4v) is 1.04. The van der Waals surface area contributed by atoms with Crippen LogP contribution in [0.5, 0.6) is 0 Å². The van der Waals surface area contributed by atoms with Crippen molar-refractivity contribution in [1.82, 2.24) is 0 Å². The molecule has 0 heterocycles. The molecule has 0 rings (SSSR count). The minimum atomic E-state index is -0.145. The van der Waals surface area contributed by atoms with Crippen molar-refractivity contribution in [3.05, 3.63) is 0 Å². The van der Waals surface area contributed by atoms with E-state index in [0.717, 1.165) is 19.3 Å². The first-order valence-electron chi connectivity index (χ1n) is 4.10. The van der Waals surface area contributed by atoms with Gasteiger partial charge >= 0.3 is 0 Å². The monoisotopic (exact) mass is 145 g/mol. The Kier molecular flexibility index (Phi) is 5.64. The van der Waals surface area contributed by atoms with Crippen LogP contribution in [0.25, 0.3) is 0 Å². The Bertz CT molecular complexity index is 65.7. The van der Waals surface area contributed by atoms with E-state index in [1.54, 1.807) is 0 Å². The fraction of sp³-hybridized carbons (Fsp3) is 1.00. The zero-order valence-corrected chi connectivity index (χ0v) is 7.01. The first kappa shape index (κ1) is 9.92. The van der Waals surface area contributed by atoms with Crippen molar-refractivity contribution in [2.45, 2.75) is 39.2 Å². The SMILES string of the molecule is CCCC(O)[C@@H](C)CCN. The van der Waals surface area contributed by atoms with Gasteiger partial charge in [0.1, 0.15) is 0 Å². The van der Waals surface area contributed by atoms with Crippen LogP contribution in [0.15, 0.2) is 0 Å². The first-order valence-corrected chi connectivity index (χ1v) is 4.10. The molecule has 2 atom stereocenters. The lowest BCUT2D eigenvalue weighted by Gasteiger charge is -2.16. The summed E-state index contributed by atoms with van der Waals surface area (Å²) in [5, 5.41) is 9.39. The van der Waals surface area contributed by atoms with Crippen LogP contribution in [0.1, 0.15) is 33.1 Å². The topological polar surface area (TPSA) is 46.2 Å². The summed E-state index contributed by atoms with van der Waals surface area (Å²) in [5.74, 6) is 0.366. The highest BCUT2D eigenvalue weighted by molar-refractivity contribution is 4.63. The largest absolute Gasteiger partial charge is 0.393 e. The molecular weight excluding hydrogens is 126 g/mol. The lowest BCUT2D eigenvalue weighted by molar-refractivity contribution is 0.103. The molecule has 0 saturated heterocycles. The van der Waals surface area contributed by atoms with Crippen molar-refractivity contribution in [1.29, 1.82) is 0 Å². The van der Waals surface area contributed by atoms with E-state index < -0.39 is 0 Å². The summed E-state index contributed by atoms with van der Waals surface area (Å²) in [6.45, 7) is 4.81. The Hall–Kier alpha value is -0.0800. The molecule has 0 amide bonds. The summed E-state index contributed by atoms with van der Waals surface area (Å²) in [5.41, 5.74) is 5.35. The van der Waals surface area contributed by atoms with Crippen molar-refractivity contribution in [3.63, 3.8) is 0 Å². The van der Waals surface area contributed by atoms with Gasteiger partial charge in [-0.25, -0.2) is 0 Å². The number of aliphatic hydroxyl groups is 1. The lowest BCUT2D eigenvalue weighted by atomic mass is 9.98. The fourth-order valence-electron chi connectivity index (χ4n) is 1.04. The molecule has 0 fully saturated rings. The van der Waals surface area contributed by atoms with Gasteiger partial charge in [0, 0.05) is 0 Å². The minimum absolute atomic E-state index is 0.145. The molecular formula is C8H19NO. The highest BCUT2D eigenvalue weighted by Gasteiger charge is 2.11. The van der Waals surface area contributed by atoms with E-state index >= 15 is 0 Å². The van der Waals surface area contributed by atoms with E-state index in [2.05, 4.69) is 6.92 Å². The van der Waals surface area contributed by atoms with Gasteiger partial charge in [0.25, 0.3) is 0 Å². The Morgan fingerprint density at radius 2 is 2.00 bits per heavy atom. The molecule has 2 heteroatoms. The Labute approximate surface area is 63.4 Å². The van der Waals surface area contributed by atoms with Gasteiger partial charge in [-0.3, -0.25) is 0 Å². The molecule has 0 aliphatic heterocycles. The first-order chi connectivity index (χ1) is 4.72. The van der Waals surface area contributed by atoms with E-state index in [1.165, 1.54) is 0 Å². The number of nitrogens with two attached hydrogens (primary N) is 1. The van der Waals surface area contributed by atoms with Crippen LogP contribution in [0.3, 0.4) is 0 Å². The molecule has 0 aromatic carbocycles. The summed E-state index contributed by atoms with van der Waals surface area (Å²) in [7, 11) is 0. The average Bonchev–Trinajstić information content (AvgIpc) is 1.89. The third-order valence-corrected chi connectivity index (χ3v) is 1.86. The van der Waals surface area contributed by atoms with Crippen LogP contribution >= 0.6 is 0 Å². The second-order valence-corrected chi connectivity index (χ2v) is 2.91. The van der Waals surface area contributed by atoms with Crippen LogP contribution in [0.2, 0.25) is 0 Å². The van der Waals surface area contributed by atoms with Crippen molar-refractivity contribution in [2.75, 3.05) is 6.54 Å². The van der Waals surface area contributed by atoms with Gasteiger partial charge in [0.2, 0.25) is 0 Å². The predicted molar refractivity (Wildman–Crippen MR) is 43.8 cm³/mol. The van der Waals surface area contributed by atoms with Crippen molar-refractivity contribution in [2.24, 2.45) is 11.7 Å². The third-order valence-electron chi connectivity index (χ3n) is 1.86. The van der Waals surface area contributed by atoms with Gasteiger partial charge in [-0.05, 0) is 25.3 Å². The van der Waals surface area contributed by atoms with Gasteiger partial charge in [0.15, 0.2) is 0 Å². The molecule has 62 valence electrons. The van der Waals surface area contributed by atoms with E-state index in [0.29, 0.717) is 12.5 Å². The maximum atomic E-state index is 9.39. The van der Waals surface area contributed by atoms with E-state index in [-0.39, 0.29) is 6.10 Å². The quantitative estimate of drug-likeness (QED) is 0.609. The smallest absolute Gasteiger partial charge is 0.0566 e. The molecule has 0 aliphatic rings. The molecule has 10 heavy (non-hydrogen) atoms. The van der Waals surface area contributed by atoms with E-state index in [9.17, 15) is 5.11 Å². The van der Waals surface area contributed by atoms with Crippen LogP contribution in [-0.4, -0.2) is 17.8 Å². The van der Waals surface area contributed by atoms with Gasteiger partial charge in [-0.15, -0.1) is 0 Å². The number of hydrogen-bond donors (Lipinski definition) is 2. The average molecular weight is 145 g/mol. The van der Waals surface area contributed by atoms with Gasteiger partial charge < -0.3 is 10.8 Å². The summed E-state index contributed by atoms with van der Waals surface area (Å²) in [6, 6.07) is 0. The van der Waals surface area contributed by atoms with Gasteiger partial charge in [-0.2, -0.15) is 0 Å². The van der Waals surface area contributed by atoms with Crippen molar-refractivity contribution in [3.8, 4) is 0 Å². The summed E-state index contributed by atoms with van der Waals surface area (Å²) >= 11 is 0. The molecule has 0 aromatic rings. The van der Waals surface area contributed by atoms with Crippen molar-refractivity contribution >= 4 is 0 Å². The normalized spacial score (nSPS) is 16.8. The zero-order valence-electron chi connectivity index (χ0n) is 7.01. The van der Waals surface area contributed by atoms with Gasteiger partial charge in [-0.1, -0.05) is 20.3 Å². The highest BCUT2D eigenvalue weighted by Crippen LogP contribution is 2.11. The molecule has 0 aliphatic carbocycles. The van der Waals surface area contributed by atoms with Crippen LogP contribution in [0.4, 0.5) is 0 Å². The Balaban J connectivity index is 3.38. The maximum absolute atomic E-state index is 9.39. The number of hydrogen-bond acceptors (Lipinski definition) is 2. The molecule has 0 aromatic heterocycles. The third kappa shape index (κ3) is 3.85. The summed E-state index contributed by atoms with van der Waals surface area (Å²) < 4.78 is 0.